The summed E-state index contributed by atoms with van der Waals surface area (Å²) in [7, 11) is 5.46. The minimum atomic E-state index is -0.540. The molecule has 1 rings (SSSR count). The Hall–Kier alpha value is -0.0000000000000000416. The molecule has 0 unspecified atom stereocenters. The molecule has 1 fully saturated rings. The van der Waals surface area contributed by atoms with E-state index in [1.165, 1.54) is 0 Å². The molecule has 0 aromatic rings. The summed E-state index contributed by atoms with van der Waals surface area (Å²) in [5, 5.41) is 6.58. The topological polar surface area (TPSA) is 39.8 Å². The van der Waals surface area contributed by atoms with E-state index >= 15 is 0 Å². The third-order valence-corrected chi connectivity index (χ3v) is 4.48. The Kier molecular flexibility index (Phi) is 5.71. The fourth-order valence-electron chi connectivity index (χ4n) is 1.30. The van der Waals surface area contributed by atoms with Crippen LogP contribution in [0.1, 0.15) is 0 Å². The largest absolute Gasteiger partial charge is 0.366 e. The van der Waals surface area contributed by atoms with Crippen LogP contribution >= 0.6 is 20.7 Å². The van der Waals surface area contributed by atoms with E-state index in [1.54, 1.807) is 7.05 Å². The molecule has 2 N–H and O–H groups in total. The molecule has 0 saturated carbocycles. The monoisotopic (exact) mass is 250 g/mol. The first-order valence-corrected chi connectivity index (χ1v) is 6.53. The third-order valence-electron chi connectivity index (χ3n) is 2.15. The molecule has 0 radical (unpaired) electrons. The van der Waals surface area contributed by atoms with Gasteiger partial charge in [-0.15, -0.1) is 0 Å². The molecule has 15 heavy (non-hydrogen) atoms. The fraction of sp³-hybridized carbons (Fsp3) is 0.875. The summed E-state index contributed by atoms with van der Waals surface area (Å²) >= 11 is 4.96. The van der Waals surface area contributed by atoms with Gasteiger partial charge in [-0.1, -0.05) is 0 Å². The highest BCUT2D eigenvalue weighted by Gasteiger charge is 2.27. The van der Waals surface area contributed by atoms with Crippen molar-refractivity contribution in [1.82, 2.24) is 20.0 Å². The van der Waals surface area contributed by atoms with Crippen LogP contribution in [-0.4, -0.2) is 61.8 Å². The Bertz CT molecular complexity index is 209. The van der Waals surface area contributed by atoms with Crippen LogP contribution in [0.4, 0.5) is 0 Å². The van der Waals surface area contributed by atoms with Gasteiger partial charge < -0.3 is 15.2 Å². The Balaban J connectivity index is 2.11. The van der Waals surface area contributed by atoms with Gasteiger partial charge in [0.15, 0.2) is 13.6 Å². The molecule has 0 aromatic heterocycles. The van der Waals surface area contributed by atoms with E-state index in [4.69, 9.17) is 16.7 Å². The maximum absolute atomic E-state index is 5.79. The lowest BCUT2D eigenvalue weighted by atomic mass is 10.6. The highest BCUT2D eigenvalue weighted by molar-refractivity contribution is 7.80. The summed E-state index contributed by atoms with van der Waals surface area (Å²) < 4.78 is 10.3. The van der Waals surface area contributed by atoms with Gasteiger partial charge in [-0.2, -0.15) is 0 Å². The summed E-state index contributed by atoms with van der Waals surface area (Å²) in [5.41, 5.74) is 0. The fourth-order valence-corrected chi connectivity index (χ4v) is 3.09. The van der Waals surface area contributed by atoms with Gasteiger partial charge in [-0.05, 0) is 26.3 Å². The van der Waals surface area contributed by atoms with E-state index in [-0.39, 0.29) is 0 Å². The molecule has 5 nitrogen and oxygen atoms in total. The van der Waals surface area contributed by atoms with E-state index in [0.717, 1.165) is 19.6 Å². The van der Waals surface area contributed by atoms with Gasteiger partial charge in [0.1, 0.15) is 0 Å². The van der Waals surface area contributed by atoms with Crippen molar-refractivity contribution in [2.45, 2.75) is 0 Å². The van der Waals surface area contributed by atoms with Crippen LogP contribution in [0.3, 0.4) is 0 Å². The molecule has 0 spiro atoms. The second kappa shape index (κ2) is 6.55. The average Bonchev–Trinajstić information content (AvgIpc) is 2.54. The molecule has 1 saturated heterocycles. The van der Waals surface area contributed by atoms with Crippen molar-refractivity contribution in [3.8, 4) is 0 Å². The molecule has 7 heteroatoms. The second-order valence-electron chi connectivity index (χ2n) is 3.35. The molecule has 0 aliphatic carbocycles. The average molecular weight is 250 g/mol. The highest BCUT2D eigenvalue weighted by Crippen LogP contribution is 2.46. The maximum Gasteiger partial charge on any atom is 0.187 e. The summed E-state index contributed by atoms with van der Waals surface area (Å²) in [4.78, 5) is 0. The first kappa shape index (κ1) is 13.1. The van der Waals surface area contributed by atoms with Gasteiger partial charge in [-0.25, -0.2) is 9.34 Å². The van der Waals surface area contributed by atoms with Gasteiger partial charge >= 0.3 is 0 Å². The Morgan fingerprint density at radius 3 is 2.53 bits per heavy atom. The molecule has 0 aromatic carbocycles. The molecule has 1 aliphatic heterocycles. The van der Waals surface area contributed by atoms with Crippen molar-refractivity contribution in [1.29, 1.82) is 0 Å². The molecular formula is C8H19N4OPS. The lowest BCUT2D eigenvalue weighted by Gasteiger charge is -2.23. The van der Waals surface area contributed by atoms with E-state index in [0.29, 0.717) is 11.7 Å². The SMILES string of the molecule is CNC(=S)NCCOP1N(C)CCN1C. The Morgan fingerprint density at radius 2 is 2.00 bits per heavy atom. The molecule has 0 amide bonds. The maximum atomic E-state index is 5.79. The Labute approximate surface area is 98.1 Å². The van der Waals surface area contributed by atoms with Gasteiger partial charge in [-0.3, -0.25) is 0 Å². The first-order valence-electron chi connectivity index (χ1n) is 4.96. The van der Waals surface area contributed by atoms with E-state index in [9.17, 15) is 0 Å². The van der Waals surface area contributed by atoms with Crippen molar-refractivity contribution in [2.24, 2.45) is 0 Å². The quantitative estimate of drug-likeness (QED) is 0.422. The highest BCUT2D eigenvalue weighted by atomic mass is 32.1. The normalized spacial score (nSPS) is 19.4. The number of nitrogens with zero attached hydrogens (tertiary/aromatic N) is 2. The minimum Gasteiger partial charge on any atom is -0.366 e. The minimum absolute atomic E-state index is 0.540. The van der Waals surface area contributed by atoms with Crippen molar-refractivity contribution in [3.63, 3.8) is 0 Å². The van der Waals surface area contributed by atoms with Crippen LogP contribution in [0.25, 0.3) is 0 Å². The number of nitrogens with one attached hydrogen (secondary N) is 2. The van der Waals surface area contributed by atoms with Crippen molar-refractivity contribution >= 4 is 25.8 Å². The molecule has 1 aliphatic rings. The molecule has 1 heterocycles. The van der Waals surface area contributed by atoms with Gasteiger partial charge in [0.2, 0.25) is 0 Å². The smallest absolute Gasteiger partial charge is 0.187 e. The number of rotatable bonds is 4. The van der Waals surface area contributed by atoms with Gasteiger partial charge in [0, 0.05) is 26.7 Å². The zero-order valence-electron chi connectivity index (χ0n) is 9.49. The Morgan fingerprint density at radius 1 is 1.40 bits per heavy atom. The van der Waals surface area contributed by atoms with Crippen LogP contribution in [0, 0.1) is 0 Å². The molecule has 0 atom stereocenters. The van der Waals surface area contributed by atoms with Gasteiger partial charge in [0.05, 0.1) is 6.61 Å². The van der Waals surface area contributed by atoms with E-state index in [2.05, 4.69) is 34.1 Å². The van der Waals surface area contributed by atoms with Crippen molar-refractivity contribution < 1.29 is 4.52 Å². The molecular weight excluding hydrogens is 231 g/mol. The van der Waals surface area contributed by atoms with Crippen LogP contribution in [0.2, 0.25) is 0 Å². The lowest BCUT2D eigenvalue weighted by molar-refractivity contribution is 0.316. The zero-order chi connectivity index (χ0) is 11.3. The summed E-state index contributed by atoms with van der Waals surface area (Å²) in [6.45, 7) is 3.61. The predicted molar refractivity (Wildman–Crippen MR) is 67.8 cm³/mol. The van der Waals surface area contributed by atoms with Crippen LogP contribution in [0.5, 0.6) is 0 Å². The number of likely N-dealkylation sites (N-methyl/N-ethyl adjacent to an activating group) is 2. The van der Waals surface area contributed by atoms with Crippen LogP contribution < -0.4 is 10.6 Å². The first-order chi connectivity index (χ1) is 7.15. The number of hydrogen-bond acceptors (Lipinski definition) is 4. The van der Waals surface area contributed by atoms with E-state index in [1.807, 2.05) is 0 Å². The van der Waals surface area contributed by atoms with Gasteiger partial charge in [0.25, 0.3) is 0 Å². The van der Waals surface area contributed by atoms with Crippen LogP contribution in [-0.2, 0) is 4.52 Å². The van der Waals surface area contributed by atoms with Crippen LogP contribution in [0.15, 0.2) is 0 Å². The summed E-state index contributed by atoms with van der Waals surface area (Å²) in [6.07, 6.45) is 0. The standard InChI is InChI=1S/C8H19N4OPS/c1-9-8(15)10-4-7-13-14-11(2)5-6-12(14)3/h4-7H2,1-3H3,(H2,9,10,15). The van der Waals surface area contributed by atoms with Crippen molar-refractivity contribution in [2.75, 3.05) is 47.4 Å². The summed E-state index contributed by atoms with van der Waals surface area (Å²) in [6, 6.07) is 0. The second-order valence-corrected chi connectivity index (χ2v) is 5.89. The number of thiocarbonyl (C=S) groups is 1. The predicted octanol–water partition coefficient (Wildman–Crippen LogP) is 0.201. The van der Waals surface area contributed by atoms with E-state index < -0.39 is 8.45 Å². The number of hydrogen-bond donors (Lipinski definition) is 2. The zero-order valence-corrected chi connectivity index (χ0v) is 11.2. The van der Waals surface area contributed by atoms with Crippen molar-refractivity contribution in [3.05, 3.63) is 0 Å². The third kappa shape index (κ3) is 4.17. The molecule has 88 valence electrons. The summed E-state index contributed by atoms with van der Waals surface area (Å²) in [5.74, 6) is 0. The lowest BCUT2D eigenvalue weighted by Crippen LogP contribution is -2.34. The molecule has 0 bridgehead atoms.